The fourth-order valence-electron chi connectivity index (χ4n) is 1.90. The molecule has 0 N–H and O–H groups in total. The minimum Gasteiger partial charge on any atom is -0.492 e. The van der Waals surface area contributed by atoms with Gasteiger partial charge < -0.3 is 9.47 Å². The van der Waals surface area contributed by atoms with Gasteiger partial charge in [0, 0.05) is 16.2 Å². The molecule has 0 spiro atoms. The largest absolute Gasteiger partial charge is 0.492 e. The van der Waals surface area contributed by atoms with Crippen molar-refractivity contribution in [2.24, 2.45) is 0 Å². The van der Waals surface area contributed by atoms with Crippen LogP contribution in [0, 0.1) is 0 Å². The summed E-state index contributed by atoms with van der Waals surface area (Å²) >= 11 is 0. The van der Waals surface area contributed by atoms with Crippen LogP contribution in [0.2, 0.25) is 0 Å². The molecule has 0 amide bonds. The van der Waals surface area contributed by atoms with Crippen LogP contribution in [0.1, 0.15) is 31.7 Å². The molecule has 2 unspecified atom stereocenters. The maximum atomic E-state index is 12.1. The average molecular weight is 319 g/mol. The number of halogens is 1. The number of fused-ring (bicyclic) bond motifs is 1. The van der Waals surface area contributed by atoms with Crippen LogP contribution >= 0.6 is 10.7 Å². The predicted molar refractivity (Wildman–Crippen MR) is 73.6 cm³/mol. The Morgan fingerprint density at radius 3 is 2.85 bits per heavy atom. The summed E-state index contributed by atoms with van der Waals surface area (Å²) in [7, 11) is 1.47. The SMILES string of the molecule is CCC(C)OC(=O)C1COc2ccc(S(=O)(=O)Cl)cc21. The van der Waals surface area contributed by atoms with E-state index in [1.165, 1.54) is 18.2 Å². The van der Waals surface area contributed by atoms with Gasteiger partial charge in [0.25, 0.3) is 9.05 Å². The molecule has 0 saturated carbocycles. The number of ether oxygens (including phenoxy) is 2. The number of hydrogen-bond acceptors (Lipinski definition) is 5. The Hall–Kier alpha value is -1.27. The zero-order valence-electron chi connectivity index (χ0n) is 11.1. The van der Waals surface area contributed by atoms with Gasteiger partial charge in [-0.1, -0.05) is 6.92 Å². The molecule has 110 valence electrons. The van der Waals surface area contributed by atoms with Gasteiger partial charge >= 0.3 is 5.97 Å². The topological polar surface area (TPSA) is 69.7 Å². The van der Waals surface area contributed by atoms with E-state index in [9.17, 15) is 13.2 Å². The summed E-state index contributed by atoms with van der Waals surface area (Å²) in [5, 5.41) is 0. The summed E-state index contributed by atoms with van der Waals surface area (Å²) in [5.74, 6) is -0.542. The second-order valence-electron chi connectivity index (χ2n) is 4.66. The first-order chi connectivity index (χ1) is 9.32. The fraction of sp³-hybridized carbons (Fsp3) is 0.462. The molecule has 7 heteroatoms. The van der Waals surface area contributed by atoms with Crippen LogP contribution < -0.4 is 4.74 Å². The number of carbonyl (C=O) groups excluding carboxylic acids is 1. The van der Waals surface area contributed by atoms with E-state index < -0.39 is 20.9 Å². The van der Waals surface area contributed by atoms with Crippen molar-refractivity contribution in [1.82, 2.24) is 0 Å². The van der Waals surface area contributed by atoms with E-state index in [4.69, 9.17) is 20.2 Å². The second kappa shape index (κ2) is 5.61. The number of benzene rings is 1. The van der Waals surface area contributed by atoms with Gasteiger partial charge in [0.05, 0.1) is 11.0 Å². The van der Waals surface area contributed by atoms with Gasteiger partial charge in [0.2, 0.25) is 0 Å². The molecule has 2 atom stereocenters. The van der Waals surface area contributed by atoms with Crippen LogP contribution in [0.15, 0.2) is 23.1 Å². The summed E-state index contributed by atoms with van der Waals surface area (Å²) in [5.41, 5.74) is 0.500. The minimum absolute atomic E-state index is 0.0512. The van der Waals surface area contributed by atoms with Crippen LogP contribution in [-0.4, -0.2) is 27.1 Å². The molecule has 2 rings (SSSR count). The van der Waals surface area contributed by atoms with Crippen LogP contribution in [0.4, 0.5) is 0 Å². The van der Waals surface area contributed by atoms with Crippen molar-refractivity contribution in [1.29, 1.82) is 0 Å². The van der Waals surface area contributed by atoms with Crippen molar-refractivity contribution in [2.45, 2.75) is 37.2 Å². The van der Waals surface area contributed by atoms with E-state index in [0.29, 0.717) is 17.7 Å². The van der Waals surface area contributed by atoms with E-state index in [1.54, 1.807) is 6.92 Å². The Balaban J connectivity index is 2.29. The summed E-state index contributed by atoms with van der Waals surface area (Å²) in [4.78, 5) is 12.0. The number of rotatable bonds is 4. The molecule has 1 aromatic rings. The first-order valence-corrected chi connectivity index (χ1v) is 8.55. The van der Waals surface area contributed by atoms with E-state index in [1.807, 2.05) is 6.92 Å². The van der Waals surface area contributed by atoms with E-state index in [-0.39, 0.29) is 17.6 Å². The van der Waals surface area contributed by atoms with Crippen molar-refractivity contribution < 1.29 is 22.7 Å². The highest BCUT2D eigenvalue weighted by Crippen LogP contribution is 2.37. The quantitative estimate of drug-likeness (QED) is 0.630. The number of hydrogen-bond donors (Lipinski definition) is 0. The molecular formula is C13H15ClO5S. The molecule has 0 aromatic heterocycles. The van der Waals surface area contributed by atoms with Gasteiger partial charge in [0.1, 0.15) is 18.3 Å². The van der Waals surface area contributed by atoms with Crippen LogP contribution in [0.3, 0.4) is 0 Å². The molecule has 5 nitrogen and oxygen atoms in total. The highest BCUT2D eigenvalue weighted by Gasteiger charge is 2.33. The molecule has 1 heterocycles. The minimum atomic E-state index is -3.84. The normalized spacial score (nSPS) is 19.1. The molecule has 0 fully saturated rings. The van der Waals surface area contributed by atoms with E-state index >= 15 is 0 Å². The first kappa shape index (κ1) is 15.1. The fourth-order valence-corrected chi connectivity index (χ4v) is 2.69. The van der Waals surface area contributed by atoms with Gasteiger partial charge in [-0.05, 0) is 31.5 Å². The van der Waals surface area contributed by atoms with Crippen molar-refractivity contribution in [3.63, 3.8) is 0 Å². The van der Waals surface area contributed by atoms with Gasteiger partial charge in [-0.15, -0.1) is 0 Å². The Morgan fingerprint density at radius 2 is 2.25 bits per heavy atom. The molecule has 0 bridgehead atoms. The standard InChI is InChI=1S/C13H15ClO5S/c1-3-8(2)19-13(15)11-7-18-12-5-4-9(6-10(11)12)20(14,16)17/h4-6,8,11H,3,7H2,1-2H3. The van der Waals surface area contributed by atoms with Crippen molar-refractivity contribution in [3.8, 4) is 5.75 Å². The monoisotopic (exact) mass is 318 g/mol. The molecular weight excluding hydrogens is 304 g/mol. The maximum Gasteiger partial charge on any atom is 0.317 e. The Labute approximate surface area is 122 Å². The van der Waals surface area contributed by atoms with Crippen LogP contribution in [0.5, 0.6) is 5.75 Å². The molecule has 0 saturated heterocycles. The lowest BCUT2D eigenvalue weighted by atomic mass is 10.0. The number of carbonyl (C=O) groups is 1. The molecule has 1 aliphatic rings. The third-order valence-electron chi connectivity index (χ3n) is 3.22. The van der Waals surface area contributed by atoms with Crippen molar-refractivity contribution in [2.75, 3.05) is 6.61 Å². The van der Waals surface area contributed by atoms with Gasteiger partial charge in [-0.3, -0.25) is 4.79 Å². The van der Waals surface area contributed by atoms with Crippen LogP contribution in [0.25, 0.3) is 0 Å². The maximum absolute atomic E-state index is 12.1. The summed E-state index contributed by atoms with van der Waals surface area (Å²) in [6.07, 6.45) is 0.522. The predicted octanol–water partition coefficient (Wildman–Crippen LogP) is 2.43. The molecule has 0 radical (unpaired) electrons. The summed E-state index contributed by atoms with van der Waals surface area (Å²) < 4.78 is 33.3. The van der Waals surface area contributed by atoms with Gasteiger partial charge in [-0.2, -0.15) is 0 Å². The smallest absolute Gasteiger partial charge is 0.317 e. The highest BCUT2D eigenvalue weighted by molar-refractivity contribution is 8.13. The van der Waals surface area contributed by atoms with Gasteiger partial charge in [0.15, 0.2) is 0 Å². The van der Waals surface area contributed by atoms with Crippen molar-refractivity contribution >= 4 is 25.7 Å². The second-order valence-corrected chi connectivity index (χ2v) is 7.22. The Morgan fingerprint density at radius 1 is 1.55 bits per heavy atom. The zero-order chi connectivity index (χ0) is 14.9. The third kappa shape index (κ3) is 3.07. The van der Waals surface area contributed by atoms with Crippen LogP contribution in [-0.2, 0) is 18.6 Å². The number of esters is 1. The van der Waals surface area contributed by atoms with E-state index in [0.717, 1.165) is 0 Å². The molecule has 1 aromatic carbocycles. The molecule has 1 aliphatic heterocycles. The third-order valence-corrected chi connectivity index (χ3v) is 4.57. The molecule has 0 aliphatic carbocycles. The van der Waals surface area contributed by atoms with Gasteiger partial charge in [-0.25, -0.2) is 8.42 Å². The summed E-state index contributed by atoms with van der Waals surface area (Å²) in [6, 6.07) is 4.22. The highest BCUT2D eigenvalue weighted by atomic mass is 35.7. The molecule has 20 heavy (non-hydrogen) atoms. The average Bonchev–Trinajstić information content (AvgIpc) is 2.80. The summed E-state index contributed by atoms with van der Waals surface area (Å²) in [6.45, 7) is 3.86. The lowest BCUT2D eigenvalue weighted by Crippen LogP contribution is -2.22. The van der Waals surface area contributed by atoms with E-state index in [2.05, 4.69) is 0 Å². The Bertz CT molecular complexity index is 626. The zero-order valence-corrected chi connectivity index (χ0v) is 12.7. The van der Waals surface area contributed by atoms with Crippen molar-refractivity contribution in [3.05, 3.63) is 23.8 Å². The lowest BCUT2D eigenvalue weighted by Gasteiger charge is -2.14. The Kier molecular flexibility index (Phi) is 4.25. The lowest BCUT2D eigenvalue weighted by molar-refractivity contribution is -0.150. The first-order valence-electron chi connectivity index (χ1n) is 6.24.